The molecule has 0 saturated carbocycles. The highest BCUT2D eigenvalue weighted by atomic mass is 15.2. The van der Waals surface area contributed by atoms with Gasteiger partial charge in [0.15, 0.2) is 0 Å². The molecule has 1 aromatic carbocycles. The van der Waals surface area contributed by atoms with Crippen molar-refractivity contribution in [2.24, 2.45) is 5.41 Å². The van der Waals surface area contributed by atoms with Crippen molar-refractivity contribution >= 4 is 5.69 Å². The summed E-state index contributed by atoms with van der Waals surface area (Å²) in [6.07, 6.45) is 2.73. The van der Waals surface area contributed by atoms with Crippen LogP contribution in [0.25, 0.3) is 0 Å². The van der Waals surface area contributed by atoms with Gasteiger partial charge in [-0.3, -0.25) is 4.90 Å². The maximum absolute atomic E-state index is 5.91. The average Bonchev–Trinajstić information content (AvgIpc) is 2.92. The molecule has 3 heteroatoms. The van der Waals surface area contributed by atoms with Gasteiger partial charge in [-0.15, -0.1) is 0 Å². The molecule has 2 heterocycles. The second-order valence-corrected chi connectivity index (χ2v) is 6.63. The van der Waals surface area contributed by atoms with Crippen molar-refractivity contribution in [3.8, 4) is 0 Å². The molecule has 2 aliphatic heterocycles. The molecule has 2 fully saturated rings. The van der Waals surface area contributed by atoms with Crippen molar-refractivity contribution in [2.75, 3.05) is 39.0 Å². The van der Waals surface area contributed by atoms with E-state index in [2.05, 4.69) is 35.9 Å². The number of nitrogens with zero attached hydrogens (tertiary/aromatic N) is 2. The maximum Gasteiger partial charge on any atom is 0.0317 e. The number of hydrogen-bond donors (Lipinski definition) is 1. The third-order valence-electron chi connectivity index (χ3n) is 4.91. The van der Waals surface area contributed by atoms with Gasteiger partial charge in [-0.25, -0.2) is 0 Å². The molecule has 0 aliphatic carbocycles. The largest absolute Gasteiger partial charge is 0.399 e. The van der Waals surface area contributed by atoms with Gasteiger partial charge in [-0.2, -0.15) is 0 Å². The summed E-state index contributed by atoms with van der Waals surface area (Å²) in [7, 11) is 2.25. The van der Waals surface area contributed by atoms with Crippen LogP contribution in [0.5, 0.6) is 0 Å². The van der Waals surface area contributed by atoms with Gasteiger partial charge in [0, 0.05) is 25.3 Å². The first-order valence-electron chi connectivity index (χ1n) is 7.32. The van der Waals surface area contributed by atoms with Gasteiger partial charge in [0.2, 0.25) is 0 Å². The molecule has 0 bridgehead atoms. The molecule has 2 N–H and O–H groups in total. The number of hydrogen-bond acceptors (Lipinski definition) is 3. The van der Waals surface area contributed by atoms with Crippen molar-refractivity contribution < 1.29 is 0 Å². The lowest BCUT2D eigenvalue weighted by molar-refractivity contribution is 0.250. The maximum atomic E-state index is 5.91. The zero-order chi connectivity index (χ0) is 13.5. The molecule has 19 heavy (non-hydrogen) atoms. The van der Waals surface area contributed by atoms with Crippen LogP contribution in [0.3, 0.4) is 0 Å². The summed E-state index contributed by atoms with van der Waals surface area (Å²) in [5.41, 5.74) is 10.1. The molecule has 1 unspecified atom stereocenters. The van der Waals surface area contributed by atoms with Gasteiger partial charge in [-0.05, 0) is 68.6 Å². The SMILES string of the molecule is Cc1ccc(N)cc1CN1CCC2(CCN(C)C2)C1. The second kappa shape index (κ2) is 4.80. The van der Waals surface area contributed by atoms with Crippen LogP contribution >= 0.6 is 0 Å². The fraction of sp³-hybridized carbons (Fsp3) is 0.625. The highest BCUT2D eigenvalue weighted by Gasteiger charge is 2.42. The molecule has 1 spiro atoms. The molecule has 0 aromatic heterocycles. The van der Waals surface area contributed by atoms with Gasteiger partial charge in [0.05, 0.1) is 0 Å². The molecule has 3 nitrogen and oxygen atoms in total. The highest BCUT2D eigenvalue weighted by Crippen LogP contribution is 2.39. The van der Waals surface area contributed by atoms with Crippen molar-refractivity contribution in [2.45, 2.75) is 26.3 Å². The van der Waals surface area contributed by atoms with Crippen molar-refractivity contribution in [1.29, 1.82) is 0 Å². The lowest BCUT2D eigenvalue weighted by atomic mass is 9.86. The fourth-order valence-electron chi connectivity index (χ4n) is 3.76. The predicted molar refractivity (Wildman–Crippen MR) is 80.0 cm³/mol. The average molecular weight is 259 g/mol. The lowest BCUT2D eigenvalue weighted by Crippen LogP contribution is -2.29. The second-order valence-electron chi connectivity index (χ2n) is 6.63. The zero-order valence-electron chi connectivity index (χ0n) is 12.2. The monoisotopic (exact) mass is 259 g/mol. The molecule has 1 aromatic rings. The smallest absolute Gasteiger partial charge is 0.0317 e. The third-order valence-corrected chi connectivity index (χ3v) is 4.91. The van der Waals surface area contributed by atoms with Gasteiger partial charge in [-0.1, -0.05) is 6.07 Å². The van der Waals surface area contributed by atoms with E-state index in [0.29, 0.717) is 5.41 Å². The van der Waals surface area contributed by atoms with Gasteiger partial charge >= 0.3 is 0 Å². The standard InChI is InChI=1S/C16H25N3/c1-13-3-4-15(17)9-14(13)10-19-8-6-16(12-19)5-7-18(2)11-16/h3-4,9H,5-8,10-12,17H2,1-2H3. The molecule has 0 amide bonds. The van der Waals surface area contributed by atoms with E-state index in [1.165, 1.54) is 50.1 Å². The highest BCUT2D eigenvalue weighted by molar-refractivity contribution is 5.44. The molecular weight excluding hydrogens is 234 g/mol. The Labute approximate surface area is 116 Å². The van der Waals surface area contributed by atoms with Crippen molar-refractivity contribution in [3.05, 3.63) is 29.3 Å². The molecule has 2 aliphatic rings. The Balaban J connectivity index is 1.67. The summed E-state index contributed by atoms with van der Waals surface area (Å²) in [5.74, 6) is 0. The van der Waals surface area contributed by atoms with Crippen molar-refractivity contribution in [3.63, 3.8) is 0 Å². The summed E-state index contributed by atoms with van der Waals surface area (Å²) in [5, 5.41) is 0. The van der Waals surface area contributed by atoms with Crippen LogP contribution < -0.4 is 5.73 Å². The van der Waals surface area contributed by atoms with E-state index in [1.807, 2.05) is 6.07 Å². The van der Waals surface area contributed by atoms with Crippen LogP contribution in [0, 0.1) is 12.3 Å². The van der Waals surface area contributed by atoms with Crippen LogP contribution in [-0.4, -0.2) is 43.0 Å². The predicted octanol–water partition coefficient (Wildman–Crippen LogP) is 2.10. The minimum Gasteiger partial charge on any atom is -0.399 e. The number of benzene rings is 1. The van der Waals surface area contributed by atoms with Gasteiger partial charge < -0.3 is 10.6 Å². The van der Waals surface area contributed by atoms with E-state index in [4.69, 9.17) is 5.73 Å². The summed E-state index contributed by atoms with van der Waals surface area (Å²) in [6.45, 7) is 8.28. The molecule has 2 saturated heterocycles. The first-order valence-corrected chi connectivity index (χ1v) is 7.32. The molecule has 1 atom stereocenters. The first kappa shape index (κ1) is 12.9. The normalized spacial score (nSPS) is 28.5. The summed E-state index contributed by atoms with van der Waals surface area (Å²) in [4.78, 5) is 5.09. The number of nitrogens with two attached hydrogens (primary N) is 1. The van der Waals surface area contributed by atoms with E-state index < -0.39 is 0 Å². The number of likely N-dealkylation sites (tertiary alicyclic amines) is 2. The Morgan fingerprint density at radius 2 is 2.00 bits per heavy atom. The minimum atomic E-state index is 0.572. The first-order chi connectivity index (χ1) is 9.06. The van der Waals surface area contributed by atoms with Crippen LogP contribution in [-0.2, 0) is 6.54 Å². The quantitative estimate of drug-likeness (QED) is 0.826. The molecule has 0 radical (unpaired) electrons. The molecule has 3 rings (SSSR count). The minimum absolute atomic E-state index is 0.572. The van der Waals surface area contributed by atoms with E-state index >= 15 is 0 Å². The van der Waals surface area contributed by atoms with Gasteiger partial charge in [0.1, 0.15) is 0 Å². The third kappa shape index (κ3) is 2.63. The summed E-state index contributed by atoms with van der Waals surface area (Å²) < 4.78 is 0. The van der Waals surface area contributed by atoms with Crippen LogP contribution in [0.4, 0.5) is 5.69 Å². The van der Waals surface area contributed by atoms with Crippen LogP contribution in [0.2, 0.25) is 0 Å². The lowest BCUT2D eigenvalue weighted by Gasteiger charge is -2.24. The zero-order valence-corrected chi connectivity index (χ0v) is 12.2. The number of nitrogen functional groups attached to an aromatic ring is 1. The summed E-state index contributed by atoms with van der Waals surface area (Å²) >= 11 is 0. The summed E-state index contributed by atoms with van der Waals surface area (Å²) in [6, 6.07) is 6.27. The Kier molecular flexibility index (Phi) is 3.27. The number of anilines is 1. The molecule has 104 valence electrons. The van der Waals surface area contributed by atoms with E-state index in [9.17, 15) is 0 Å². The topological polar surface area (TPSA) is 32.5 Å². The van der Waals surface area contributed by atoms with E-state index in [-0.39, 0.29) is 0 Å². The Morgan fingerprint density at radius 1 is 1.21 bits per heavy atom. The van der Waals surface area contributed by atoms with E-state index in [1.54, 1.807) is 0 Å². The number of aryl methyl sites for hydroxylation is 1. The Hall–Kier alpha value is -1.06. The van der Waals surface area contributed by atoms with Crippen LogP contribution in [0.1, 0.15) is 24.0 Å². The van der Waals surface area contributed by atoms with Crippen molar-refractivity contribution in [1.82, 2.24) is 9.80 Å². The van der Waals surface area contributed by atoms with Crippen LogP contribution in [0.15, 0.2) is 18.2 Å². The Morgan fingerprint density at radius 3 is 2.74 bits per heavy atom. The number of rotatable bonds is 2. The fourth-order valence-corrected chi connectivity index (χ4v) is 3.76. The Bertz CT molecular complexity index is 471. The van der Waals surface area contributed by atoms with Gasteiger partial charge in [0.25, 0.3) is 0 Å². The van der Waals surface area contributed by atoms with E-state index in [0.717, 1.165) is 12.2 Å². The molecular formula is C16H25N3.